The van der Waals surface area contributed by atoms with Gasteiger partial charge < -0.3 is 9.64 Å². The molecule has 0 saturated carbocycles. The molecule has 0 rings (SSSR count). The molecule has 0 unspecified atom stereocenters. The first-order valence-electron chi connectivity index (χ1n) is 6.15. The maximum atomic E-state index is 5.57. The van der Waals surface area contributed by atoms with Crippen molar-refractivity contribution < 1.29 is 4.74 Å². The summed E-state index contributed by atoms with van der Waals surface area (Å²) in [6.07, 6.45) is 5.20. The summed E-state index contributed by atoms with van der Waals surface area (Å²) in [5.41, 5.74) is 0. The lowest BCUT2D eigenvalue weighted by Gasteiger charge is -2.17. The molecule has 0 aliphatic heterocycles. The van der Waals surface area contributed by atoms with Crippen molar-refractivity contribution in [3.8, 4) is 0 Å². The molecule has 0 heterocycles. The molecule has 2 nitrogen and oxygen atoms in total. The van der Waals surface area contributed by atoms with Gasteiger partial charge in [-0.15, -0.1) is 0 Å². The van der Waals surface area contributed by atoms with E-state index in [0.29, 0.717) is 0 Å². The Bertz CT molecular complexity index is 102. The average molecular weight is 201 g/mol. The Morgan fingerprint density at radius 3 is 2.14 bits per heavy atom. The van der Waals surface area contributed by atoms with E-state index in [9.17, 15) is 0 Å². The number of ether oxygens (including phenoxy) is 1. The van der Waals surface area contributed by atoms with Gasteiger partial charge in [-0.05, 0) is 19.5 Å². The van der Waals surface area contributed by atoms with Crippen molar-refractivity contribution in [3.63, 3.8) is 0 Å². The Morgan fingerprint density at radius 1 is 0.857 bits per heavy atom. The summed E-state index contributed by atoms with van der Waals surface area (Å²) in [5, 5.41) is 0. The summed E-state index contributed by atoms with van der Waals surface area (Å²) in [7, 11) is 0. The average Bonchev–Trinajstić information content (AvgIpc) is 2.22. The van der Waals surface area contributed by atoms with E-state index in [1.807, 2.05) is 0 Å². The summed E-state index contributed by atoms with van der Waals surface area (Å²) >= 11 is 0. The smallest absolute Gasteiger partial charge is 0.0593 e. The van der Waals surface area contributed by atoms with E-state index >= 15 is 0 Å². The fraction of sp³-hybridized carbons (Fsp3) is 1.00. The summed E-state index contributed by atoms with van der Waals surface area (Å²) in [4.78, 5) is 2.39. The Kier molecular flexibility index (Phi) is 10.9. The molecule has 0 aliphatic carbocycles. The lowest BCUT2D eigenvalue weighted by Crippen LogP contribution is -2.27. The van der Waals surface area contributed by atoms with E-state index in [1.165, 1.54) is 25.7 Å². The molecule has 86 valence electrons. The SMILES string of the molecule is CCCCCCOCCN(CC)CC. The fourth-order valence-electron chi connectivity index (χ4n) is 1.47. The number of unbranched alkanes of at least 4 members (excludes halogenated alkanes) is 3. The second kappa shape index (κ2) is 11.0. The second-order valence-corrected chi connectivity index (χ2v) is 3.70. The third-order valence-corrected chi connectivity index (χ3v) is 2.59. The molecule has 0 radical (unpaired) electrons. The predicted molar refractivity (Wildman–Crippen MR) is 62.7 cm³/mol. The van der Waals surface area contributed by atoms with Gasteiger partial charge in [-0.3, -0.25) is 0 Å². The molecule has 0 N–H and O–H groups in total. The minimum Gasteiger partial charge on any atom is -0.380 e. The summed E-state index contributed by atoms with van der Waals surface area (Å²) < 4.78 is 5.57. The summed E-state index contributed by atoms with van der Waals surface area (Å²) in [6.45, 7) is 11.8. The maximum absolute atomic E-state index is 5.57. The van der Waals surface area contributed by atoms with Crippen LogP contribution < -0.4 is 0 Å². The maximum Gasteiger partial charge on any atom is 0.0593 e. The van der Waals surface area contributed by atoms with Gasteiger partial charge in [0.05, 0.1) is 6.61 Å². The number of hydrogen-bond acceptors (Lipinski definition) is 2. The monoisotopic (exact) mass is 201 g/mol. The van der Waals surface area contributed by atoms with Crippen molar-refractivity contribution >= 4 is 0 Å². The van der Waals surface area contributed by atoms with Crippen LogP contribution in [0.2, 0.25) is 0 Å². The Labute approximate surface area is 89.6 Å². The van der Waals surface area contributed by atoms with Crippen molar-refractivity contribution in [1.29, 1.82) is 0 Å². The zero-order valence-electron chi connectivity index (χ0n) is 10.2. The number of nitrogens with zero attached hydrogens (tertiary/aromatic N) is 1. The molecule has 2 heteroatoms. The van der Waals surface area contributed by atoms with Gasteiger partial charge in [-0.2, -0.15) is 0 Å². The van der Waals surface area contributed by atoms with Crippen molar-refractivity contribution in [3.05, 3.63) is 0 Å². The van der Waals surface area contributed by atoms with Crippen LogP contribution in [0.1, 0.15) is 46.5 Å². The van der Waals surface area contributed by atoms with E-state index in [2.05, 4.69) is 25.7 Å². The molecule has 0 amide bonds. The van der Waals surface area contributed by atoms with Gasteiger partial charge in [-0.1, -0.05) is 40.0 Å². The Morgan fingerprint density at radius 2 is 1.57 bits per heavy atom. The van der Waals surface area contributed by atoms with E-state index in [-0.39, 0.29) is 0 Å². The van der Waals surface area contributed by atoms with Crippen LogP contribution in [0, 0.1) is 0 Å². The summed E-state index contributed by atoms with van der Waals surface area (Å²) in [5.74, 6) is 0. The molecule has 0 spiro atoms. The molecule has 14 heavy (non-hydrogen) atoms. The Balaban J connectivity index is 3.04. The van der Waals surface area contributed by atoms with Crippen LogP contribution in [0.4, 0.5) is 0 Å². The number of likely N-dealkylation sites (N-methyl/N-ethyl adjacent to an activating group) is 1. The molecular formula is C12H27NO. The van der Waals surface area contributed by atoms with E-state index in [0.717, 1.165) is 32.8 Å². The largest absolute Gasteiger partial charge is 0.380 e. The number of hydrogen-bond donors (Lipinski definition) is 0. The third kappa shape index (κ3) is 8.52. The van der Waals surface area contributed by atoms with Crippen molar-refractivity contribution in [2.75, 3.05) is 32.8 Å². The standard InChI is InChI=1S/C12H27NO/c1-4-7-8-9-11-14-12-10-13(5-2)6-3/h4-12H2,1-3H3. The molecule has 0 aromatic carbocycles. The number of rotatable bonds is 10. The van der Waals surface area contributed by atoms with Crippen LogP contribution in [0.25, 0.3) is 0 Å². The molecule has 0 aromatic heterocycles. The molecular weight excluding hydrogens is 174 g/mol. The molecule has 0 saturated heterocycles. The van der Waals surface area contributed by atoms with Crippen LogP contribution in [0.5, 0.6) is 0 Å². The second-order valence-electron chi connectivity index (χ2n) is 3.70. The molecule has 0 fully saturated rings. The highest BCUT2D eigenvalue weighted by Crippen LogP contribution is 1.98. The highest BCUT2D eigenvalue weighted by Gasteiger charge is 1.97. The van der Waals surface area contributed by atoms with Crippen LogP contribution >= 0.6 is 0 Å². The van der Waals surface area contributed by atoms with Crippen LogP contribution in [-0.4, -0.2) is 37.7 Å². The highest BCUT2D eigenvalue weighted by atomic mass is 16.5. The molecule has 0 aliphatic rings. The first-order valence-corrected chi connectivity index (χ1v) is 6.15. The topological polar surface area (TPSA) is 12.5 Å². The zero-order chi connectivity index (χ0) is 10.6. The van der Waals surface area contributed by atoms with Gasteiger partial charge in [-0.25, -0.2) is 0 Å². The van der Waals surface area contributed by atoms with Gasteiger partial charge >= 0.3 is 0 Å². The normalized spacial score (nSPS) is 11.1. The molecule has 0 bridgehead atoms. The van der Waals surface area contributed by atoms with Crippen LogP contribution in [-0.2, 0) is 4.74 Å². The van der Waals surface area contributed by atoms with Gasteiger partial charge in [0.2, 0.25) is 0 Å². The third-order valence-electron chi connectivity index (χ3n) is 2.59. The predicted octanol–water partition coefficient (Wildman–Crippen LogP) is 2.93. The fourth-order valence-corrected chi connectivity index (χ4v) is 1.47. The van der Waals surface area contributed by atoms with Crippen molar-refractivity contribution in [1.82, 2.24) is 4.90 Å². The summed E-state index contributed by atoms with van der Waals surface area (Å²) in [6, 6.07) is 0. The van der Waals surface area contributed by atoms with E-state index < -0.39 is 0 Å². The lowest BCUT2D eigenvalue weighted by atomic mass is 10.2. The zero-order valence-corrected chi connectivity index (χ0v) is 10.2. The minimum atomic E-state index is 0.897. The molecule has 0 aromatic rings. The van der Waals surface area contributed by atoms with Gasteiger partial charge in [0.15, 0.2) is 0 Å². The van der Waals surface area contributed by atoms with Crippen LogP contribution in [0.3, 0.4) is 0 Å². The lowest BCUT2D eigenvalue weighted by molar-refractivity contribution is 0.104. The van der Waals surface area contributed by atoms with Gasteiger partial charge in [0.1, 0.15) is 0 Å². The first kappa shape index (κ1) is 13.9. The van der Waals surface area contributed by atoms with Crippen molar-refractivity contribution in [2.24, 2.45) is 0 Å². The van der Waals surface area contributed by atoms with Gasteiger partial charge in [0.25, 0.3) is 0 Å². The highest BCUT2D eigenvalue weighted by molar-refractivity contribution is 4.50. The minimum absolute atomic E-state index is 0.897. The first-order chi connectivity index (χ1) is 6.85. The van der Waals surface area contributed by atoms with E-state index in [4.69, 9.17) is 4.74 Å². The quantitative estimate of drug-likeness (QED) is 0.504. The van der Waals surface area contributed by atoms with Crippen molar-refractivity contribution in [2.45, 2.75) is 46.5 Å². The van der Waals surface area contributed by atoms with Crippen LogP contribution in [0.15, 0.2) is 0 Å². The van der Waals surface area contributed by atoms with E-state index in [1.54, 1.807) is 0 Å². The Hall–Kier alpha value is -0.0800. The molecule has 0 atom stereocenters. The van der Waals surface area contributed by atoms with Gasteiger partial charge in [0, 0.05) is 13.2 Å².